The molecule has 0 saturated heterocycles. The zero-order valence-corrected chi connectivity index (χ0v) is 10.3. The molecule has 1 aromatic heterocycles. The first-order valence-corrected chi connectivity index (χ1v) is 5.27. The largest absolute Gasteiger partial charge is 0.366 e. The third kappa shape index (κ3) is 4.44. The zero-order valence-electron chi connectivity index (χ0n) is 9.58. The number of hydrogen-bond acceptors (Lipinski definition) is 4. The van der Waals surface area contributed by atoms with Gasteiger partial charge in [-0.15, -0.1) is 0 Å². The van der Waals surface area contributed by atoms with Crippen LogP contribution in [0.5, 0.6) is 0 Å². The lowest BCUT2D eigenvalue weighted by molar-refractivity contribution is 0.392. The number of hydrogen-bond donors (Lipinski definition) is 1. The van der Waals surface area contributed by atoms with E-state index in [4.69, 9.17) is 11.6 Å². The minimum absolute atomic E-state index is 0.287. The molecule has 0 aliphatic rings. The van der Waals surface area contributed by atoms with Gasteiger partial charge >= 0.3 is 0 Å². The molecule has 0 aliphatic heterocycles. The second kappa shape index (κ2) is 5.28. The summed E-state index contributed by atoms with van der Waals surface area (Å²) < 4.78 is 0. The summed E-state index contributed by atoms with van der Waals surface area (Å²) in [6.45, 7) is 4.95. The summed E-state index contributed by atoms with van der Waals surface area (Å²) >= 11 is 5.77. The van der Waals surface area contributed by atoms with Gasteiger partial charge in [0, 0.05) is 24.3 Å². The van der Waals surface area contributed by atoms with Crippen LogP contribution in [0.2, 0.25) is 5.28 Å². The van der Waals surface area contributed by atoms with Crippen LogP contribution in [-0.2, 0) is 0 Å². The van der Waals surface area contributed by atoms with Crippen molar-refractivity contribution in [3.8, 4) is 0 Å². The summed E-state index contributed by atoms with van der Waals surface area (Å²) in [4.78, 5) is 10.2. The maximum Gasteiger partial charge on any atom is 0.224 e. The number of halogens is 1. The molecule has 1 N–H and O–H groups in total. The SMILES string of the molecule is Cc1cc(NC(C)CN(C)C)nc(Cl)n1. The standard InChI is InChI=1S/C10H17ClN4/c1-7-5-9(14-10(11)13-7)12-8(2)6-15(3)4/h5,8H,6H2,1-4H3,(H,12,13,14). The van der Waals surface area contributed by atoms with Gasteiger partial charge in [-0.05, 0) is 39.5 Å². The Morgan fingerprint density at radius 1 is 1.47 bits per heavy atom. The minimum atomic E-state index is 0.287. The van der Waals surface area contributed by atoms with E-state index >= 15 is 0 Å². The van der Waals surface area contributed by atoms with Crippen molar-refractivity contribution in [2.24, 2.45) is 0 Å². The first-order valence-electron chi connectivity index (χ1n) is 4.90. The highest BCUT2D eigenvalue weighted by molar-refractivity contribution is 6.28. The Hall–Kier alpha value is -0.870. The second-order valence-electron chi connectivity index (χ2n) is 3.97. The lowest BCUT2D eigenvalue weighted by Gasteiger charge is -2.18. The van der Waals surface area contributed by atoms with Gasteiger partial charge < -0.3 is 10.2 Å². The molecule has 0 aromatic carbocycles. The molecule has 4 nitrogen and oxygen atoms in total. The molecule has 0 amide bonds. The van der Waals surface area contributed by atoms with Gasteiger partial charge in [0.05, 0.1) is 0 Å². The van der Waals surface area contributed by atoms with Crippen LogP contribution < -0.4 is 5.32 Å². The highest BCUT2D eigenvalue weighted by Gasteiger charge is 2.05. The summed E-state index contributed by atoms with van der Waals surface area (Å²) in [5.74, 6) is 0.779. The van der Waals surface area contributed by atoms with E-state index in [9.17, 15) is 0 Å². The van der Waals surface area contributed by atoms with E-state index in [0.717, 1.165) is 18.1 Å². The van der Waals surface area contributed by atoms with Gasteiger partial charge in [-0.1, -0.05) is 0 Å². The quantitative estimate of drug-likeness (QED) is 0.798. The molecular formula is C10H17ClN4. The first kappa shape index (κ1) is 12.2. The van der Waals surface area contributed by atoms with E-state index in [-0.39, 0.29) is 5.28 Å². The molecule has 0 saturated carbocycles. The molecule has 1 aromatic rings. The molecule has 5 heteroatoms. The van der Waals surface area contributed by atoms with Crippen molar-refractivity contribution in [1.29, 1.82) is 0 Å². The smallest absolute Gasteiger partial charge is 0.224 e. The van der Waals surface area contributed by atoms with Crippen molar-refractivity contribution in [3.05, 3.63) is 17.0 Å². The molecule has 1 atom stereocenters. The predicted octanol–water partition coefficient (Wildman–Crippen LogP) is 1.80. The Bertz CT molecular complexity index is 307. The van der Waals surface area contributed by atoms with Gasteiger partial charge in [0.1, 0.15) is 5.82 Å². The lowest BCUT2D eigenvalue weighted by atomic mass is 10.3. The summed E-state index contributed by atoms with van der Waals surface area (Å²) in [7, 11) is 4.08. The zero-order chi connectivity index (χ0) is 11.4. The summed E-state index contributed by atoms with van der Waals surface area (Å²) in [5, 5.41) is 3.56. The van der Waals surface area contributed by atoms with Crippen molar-refractivity contribution in [3.63, 3.8) is 0 Å². The van der Waals surface area contributed by atoms with Crippen LogP contribution in [0.15, 0.2) is 6.07 Å². The molecule has 15 heavy (non-hydrogen) atoms. The number of aromatic nitrogens is 2. The van der Waals surface area contributed by atoms with E-state index in [1.807, 2.05) is 27.1 Å². The van der Waals surface area contributed by atoms with Gasteiger partial charge in [0.25, 0.3) is 0 Å². The average Bonchev–Trinajstić information content (AvgIpc) is 1.98. The molecule has 1 heterocycles. The number of nitrogens with zero attached hydrogens (tertiary/aromatic N) is 3. The van der Waals surface area contributed by atoms with Crippen LogP contribution in [0.3, 0.4) is 0 Å². The van der Waals surface area contributed by atoms with Gasteiger partial charge in [-0.2, -0.15) is 0 Å². The fourth-order valence-corrected chi connectivity index (χ4v) is 1.68. The molecule has 84 valence electrons. The molecule has 0 bridgehead atoms. The number of nitrogens with one attached hydrogen (secondary N) is 1. The van der Waals surface area contributed by atoms with Crippen molar-refractivity contribution < 1.29 is 0 Å². The third-order valence-corrected chi connectivity index (χ3v) is 2.03. The van der Waals surface area contributed by atoms with Crippen LogP contribution >= 0.6 is 11.6 Å². The highest BCUT2D eigenvalue weighted by Crippen LogP contribution is 2.10. The van der Waals surface area contributed by atoms with Crippen molar-refractivity contribution in [1.82, 2.24) is 14.9 Å². The van der Waals surface area contributed by atoms with E-state index in [1.54, 1.807) is 0 Å². The molecule has 0 radical (unpaired) electrons. The van der Waals surface area contributed by atoms with Gasteiger partial charge in [-0.3, -0.25) is 0 Å². The molecule has 1 rings (SSSR count). The number of likely N-dealkylation sites (N-methyl/N-ethyl adjacent to an activating group) is 1. The van der Waals surface area contributed by atoms with Gasteiger partial charge in [-0.25, -0.2) is 9.97 Å². The molecule has 0 fully saturated rings. The lowest BCUT2D eigenvalue weighted by Crippen LogP contribution is -2.30. The third-order valence-electron chi connectivity index (χ3n) is 1.86. The Morgan fingerprint density at radius 3 is 2.67 bits per heavy atom. The summed E-state index contributed by atoms with van der Waals surface area (Å²) in [5.41, 5.74) is 0.870. The number of rotatable bonds is 4. The van der Waals surface area contributed by atoms with Gasteiger partial charge in [0.15, 0.2) is 0 Å². The maximum atomic E-state index is 5.77. The Morgan fingerprint density at radius 2 is 2.13 bits per heavy atom. The van der Waals surface area contributed by atoms with Crippen molar-refractivity contribution in [2.75, 3.05) is 26.0 Å². The fourth-order valence-electron chi connectivity index (χ4n) is 1.45. The van der Waals surface area contributed by atoms with Crippen LogP contribution in [0, 0.1) is 6.92 Å². The Balaban J connectivity index is 2.63. The summed E-state index contributed by atoms with van der Waals surface area (Å²) in [6, 6.07) is 2.21. The van der Waals surface area contributed by atoms with Crippen molar-refractivity contribution in [2.45, 2.75) is 19.9 Å². The first-order chi connectivity index (χ1) is 6.97. The van der Waals surface area contributed by atoms with E-state index in [2.05, 4.69) is 27.1 Å². The highest BCUT2D eigenvalue weighted by atomic mass is 35.5. The second-order valence-corrected chi connectivity index (χ2v) is 4.31. The average molecular weight is 229 g/mol. The Labute approximate surface area is 95.7 Å². The van der Waals surface area contributed by atoms with E-state index in [1.165, 1.54) is 0 Å². The van der Waals surface area contributed by atoms with Crippen LogP contribution in [0.4, 0.5) is 5.82 Å². The Kier molecular flexibility index (Phi) is 4.29. The minimum Gasteiger partial charge on any atom is -0.366 e. The molecule has 0 spiro atoms. The van der Waals surface area contributed by atoms with Gasteiger partial charge in [0.2, 0.25) is 5.28 Å². The van der Waals surface area contributed by atoms with Crippen LogP contribution in [0.1, 0.15) is 12.6 Å². The van der Waals surface area contributed by atoms with E-state index < -0.39 is 0 Å². The van der Waals surface area contributed by atoms with E-state index in [0.29, 0.717) is 6.04 Å². The normalized spacial score (nSPS) is 12.9. The fraction of sp³-hybridized carbons (Fsp3) is 0.600. The topological polar surface area (TPSA) is 41.0 Å². The number of aryl methyl sites for hydroxylation is 1. The van der Waals surface area contributed by atoms with Crippen LogP contribution in [-0.4, -0.2) is 41.5 Å². The number of anilines is 1. The summed E-state index contributed by atoms with van der Waals surface area (Å²) in [6.07, 6.45) is 0. The van der Waals surface area contributed by atoms with Crippen LogP contribution in [0.25, 0.3) is 0 Å². The maximum absolute atomic E-state index is 5.77. The molecule has 1 unspecified atom stereocenters. The molecular weight excluding hydrogens is 212 g/mol. The monoisotopic (exact) mass is 228 g/mol. The van der Waals surface area contributed by atoms with Crippen molar-refractivity contribution >= 4 is 17.4 Å². The molecule has 0 aliphatic carbocycles. The predicted molar refractivity (Wildman–Crippen MR) is 63.4 cm³/mol.